The van der Waals surface area contributed by atoms with Crippen LogP contribution in [-0.4, -0.2) is 30.6 Å². The van der Waals surface area contributed by atoms with Gasteiger partial charge in [0, 0.05) is 25.5 Å². The maximum Gasteiger partial charge on any atom is 0.416 e. The van der Waals surface area contributed by atoms with E-state index in [1.54, 1.807) is 19.2 Å². The van der Waals surface area contributed by atoms with E-state index in [1.165, 1.54) is 23.8 Å². The minimum absolute atomic E-state index is 0.0993. The summed E-state index contributed by atoms with van der Waals surface area (Å²) < 4.78 is 70.4. The second kappa shape index (κ2) is 9.48. The molecule has 1 aliphatic heterocycles. The topological polar surface area (TPSA) is 64.1 Å². The van der Waals surface area contributed by atoms with E-state index in [-0.39, 0.29) is 11.3 Å². The van der Waals surface area contributed by atoms with E-state index in [4.69, 9.17) is 4.99 Å². The number of benzene rings is 1. The number of aromatic nitrogens is 5. The van der Waals surface area contributed by atoms with Gasteiger partial charge in [-0.3, -0.25) is 4.99 Å². The average Bonchev–Trinajstić information content (AvgIpc) is 3.30. The molecule has 12 heteroatoms. The van der Waals surface area contributed by atoms with E-state index >= 15 is 0 Å². The number of fused-ring (bicyclic) bond motifs is 2. The normalized spacial score (nSPS) is 15.4. The van der Waals surface area contributed by atoms with Crippen LogP contribution >= 0.6 is 0 Å². The molecule has 3 aromatic heterocycles. The first kappa shape index (κ1) is 25.8. The van der Waals surface area contributed by atoms with E-state index in [2.05, 4.69) is 15.0 Å². The molecule has 0 fully saturated rings. The van der Waals surface area contributed by atoms with E-state index in [0.29, 0.717) is 53.5 Å². The molecule has 0 bridgehead atoms. The zero-order valence-electron chi connectivity index (χ0n) is 21.3. The Bertz CT molecular complexity index is 1590. The van der Waals surface area contributed by atoms with E-state index in [9.17, 15) is 22.0 Å². The summed E-state index contributed by atoms with van der Waals surface area (Å²) in [4.78, 5) is 20.1. The largest absolute Gasteiger partial charge is 0.416 e. The third-order valence-corrected chi connectivity index (χ3v) is 7.11. The van der Waals surface area contributed by atoms with E-state index < -0.39 is 24.2 Å². The van der Waals surface area contributed by atoms with Crippen molar-refractivity contribution < 1.29 is 22.0 Å². The maximum atomic E-state index is 13.5. The van der Waals surface area contributed by atoms with Gasteiger partial charge in [0.1, 0.15) is 23.2 Å². The fraction of sp³-hybridized carbons (Fsp3) is 0.385. The quantitative estimate of drug-likeness (QED) is 0.330. The number of imidazole rings is 1. The molecular weight excluding hydrogens is 505 g/mol. The van der Waals surface area contributed by atoms with Crippen LogP contribution in [0.3, 0.4) is 0 Å². The summed E-state index contributed by atoms with van der Waals surface area (Å²) in [5.41, 5.74) is 0.961. The molecule has 0 unspecified atom stereocenters. The number of hydrogen-bond donors (Lipinski definition) is 0. The Morgan fingerprint density at radius 2 is 1.82 bits per heavy atom. The minimum Gasteiger partial charge on any atom is -0.347 e. The van der Waals surface area contributed by atoms with Crippen molar-refractivity contribution >= 4 is 16.7 Å². The van der Waals surface area contributed by atoms with Crippen LogP contribution in [0.15, 0.2) is 41.7 Å². The summed E-state index contributed by atoms with van der Waals surface area (Å²) in [6, 6.07) is 5.34. The van der Waals surface area contributed by atoms with Gasteiger partial charge < -0.3 is 14.0 Å². The van der Waals surface area contributed by atoms with Crippen molar-refractivity contribution in [2.45, 2.75) is 52.5 Å². The predicted molar refractivity (Wildman–Crippen MR) is 132 cm³/mol. The summed E-state index contributed by atoms with van der Waals surface area (Å²) in [6.07, 6.45) is -4.15. The smallest absolute Gasteiger partial charge is 0.347 e. The van der Waals surface area contributed by atoms with Crippen molar-refractivity contribution in [3.63, 3.8) is 0 Å². The summed E-state index contributed by atoms with van der Waals surface area (Å²) >= 11 is 0. The number of pyridine rings is 1. The third-order valence-electron chi connectivity index (χ3n) is 7.11. The highest BCUT2D eigenvalue weighted by atomic mass is 19.4. The lowest BCUT2D eigenvalue weighted by molar-refractivity contribution is -0.138. The van der Waals surface area contributed by atoms with Gasteiger partial charge in [-0.15, -0.1) is 0 Å². The zero-order valence-corrected chi connectivity index (χ0v) is 21.3. The highest BCUT2D eigenvalue weighted by Gasteiger charge is 2.33. The molecule has 4 aromatic rings. The van der Waals surface area contributed by atoms with Gasteiger partial charge in [0.15, 0.2) is 5.49 Å². The lowest BCUT2D eigenvalue weighted by atomic mass is 9.97. The maximum absolute atomic E-state index is 13.5. The molecule has 200 valence electrons. The van der Waals surface area contributed by atoms with Crippen molar-refractivity contribution in [1.29, 1.82) is 0 Å². The van der Waals surface area contributed by atoms with E-state index in [0.717, 1.165) is 11.6 Å². The van der Waals surface area contributed by atoms with Crippen LogP contribution in [0.2, 0.25) is 0 Å². The van der Waals surface area contributed by atoms with Crippen molar-refractivity contribution in [2.75, 3.05) is 11.4 Å². The Morgan fingerprint density at radius 3 is 2.53 bits per heavy atom. The first-order valence-corrected chi connectivity index (χ1v) is 12.1. The van der Waals surface area contributed by atoms with Gasteiger partial charge >= 0.3 is 6.18 Å². The zero-order chi connectivity index (χ0) is 27.4. The van der Waals surface area contributed by atoms with Gasteiger partial charge in [-0.2, -0.15) is 13.2 Å². The Morgan fingerprint density at radius 1 is 1.05 bits per heavy atom. The molecule has 1 aromatic carbocycles. The second-order valence-corrected chi connectivity index (χ2v) is 9.40. The SMILES string of the molecule is Cc1c([C@@H](C)N=c2nc(C)n(C)c3cnc(N4CCn5c(C(F)F)cnc5C4)cc23)cccc1C(F)(F)F. The number of alkyl halides is 5. The highest BCUT2D eigenvalue weighted by molar-refractivity contribution is 5.80. The number of nitrogens with zero attached hydrogens (tertiary/aromatic N) is 7. The molecule has 4 heterocycles. The summed E-state index contributed by atoms with van der Waals surface area (Å²) in [6.45, 7) is 6.12. The van der Waals surface area contributed by atoms with Crippen LogP contribution in [0, 0.1) is 13.8 Å². The van der Waals surface area contributed by atoms with Gasteiger partial charge in [0.05, 0.1) is 36.1 Å². The van der Waals surface area contributed by atoms with Crippen LogP contribution in [-0.2, 0) is 26.3 Å². The number of aryl methyl sites for hydroxylation is 2. The van der Waals surface area contributed by atoms with Gasteiger partial charge in [0.25, 0.3) is 6.43 Å². The first-order chi connectivity index (χ1) is 18.0. The molecule has 0 saturated heterocycles. The van der Waals surface area contributed by atoms with Crippen LogP contribution < -0.4 is 10.4 Å². The molecule has 0 radical (unpaired) electrons. The summed E-state index contributed by atoms with van der Waals surface area (Å²) in [7, 11) is 1.85. The molecule has 38 heavy (non-hydrogen) atoms. The number of rotatable bonds is 4. The van der Waals surface area contributed by atoms with Gasteiger partial charge in [-0.1, -0.05) is 12.1 Å². The Kier molecular flexibility index (Phi) is 6.44. The van der Waals surface area contributed by atoms with Crippen LogP contribution in [0.5, 0.6) is 0 Å². The molecule has 5 rings (SSSR count). The number of anilines is 1. The second-order valence-electron chi connectivity index (χ2n) is 9.40. The van der Waals surface area contributed by atoms with Crippen molar-refractivity contribution in [3.8, 4) is 0 Å². The van der Waals surface area contributed by atoms with Gasteiger partial charge in [-0.25, -0.2) is 23.7 Å². The monoisotopic (exact) mass is 531 g/mol. The fourth-order valence-electron chi connectivity index (χ4n) is 4.94. The molecule has 0 aliphatic carbocycles. The van der Waals surface area contributed by atoms with Gasteiger partial charge in [-0.05, 0) is 44.0 Å². The first-order valence-electron chi connectivity index (χ1n) is 12.1. The summed E-state index contributed by atoms with van der Waals surface area (Å²) in [5.74, 6) is 1.80. The van der Waals surface area contributed by atoms with E-state index in [1.807, 2.05) is 29.5 Å². The molecule has 0 saturated carbocycles. The van der Waals surface area contributed by atoms with Gasteiger partial charge in [0.2, 0.25) is 0 Å². The lowest BCUT2D eigenvalue weighted by Crippen LogP contribution is -2.35. The number of halogens is 5. The van der Waals surface area contributed by atoms with Crippen molar-refractivity contribution in [1.82, 2.24) is 24.1 Å². The molecular formula is C26H26F5N7. The Labute approximate surface area is 215 Å². The Hall–Kier alpha value is -3.83. The molecule has 1 atom stereocenters. The predicted octanol–water partition coefficient (Wildman–Crippen LogP) is 5.42. The number of hydrogen-bond acceptors (Lipinski definition) is 5. The van der Waals surface area contributed by atoms with Crippen LogP contribution in [0.1, 0.15) is 53.4 Å². The third kappa shape index (κ3) is 4.52. The molecule has 0 spiro atoms. The lowest BCUT2D eigenvalue weighted by Gasteiger charge is -2.29. The van der Waals surface area contributed by atoms with Crippen LogP contribution in [0.4, 0.5) is 27.8 Å². The molecule has 0 amide bonds. The highest BCUT2D eigenvalue weighted by Crippen LogP contribution is 2.35. The van der Waals surface area contributed by atoms with Crippen molar-refractivity contribution in [3.05, 3.63) is 76.2 Å². The standard InChI is InChI=1S/C26H26F5N7/c1-14-17(6-5-7-19(14)26(29,30)31)15(2)34-25-18-10-22(32-11-20(18)36(4)16(3)35-25)37-8-9-38-21(24(27)28)12-33-23(38)13-37/h5-7,10-12,15,24H,8-9,13H2,1-4H3/t15-/m1/s1. The fourth-order valence-corrected chi connectivity index (χ4v) is 4.94. The Balaban J connectivity index is 1.57. The molecule has 0 N–H and O–H groups in total. The van der Waals surface area contributed by atoms with Crippen molar-refractivity contribution in [2.24, 2.45) is 12.0 Å². The minimum atomic E-state index is -4.46. The molecule has 7 nitrogen and oxygen atoms in total. The summed E-state index contributed by atoms with van der Waals surface area (Å²) in [5, 5.41) is 0.682. The average molecular weight is 532 g/mol. The van der Waals surface area contributed by atoms with Crippen LogP contribution in [0.25, 0.3) is 10.9 Å². The molecule has 1 aliphatic rings.